The highest BCUT2D eigenvalue weighted by Gasteiger charge is 2.49. The predicted octanol–water partition coefficient (Wildman–Crippen LogP) is 3.85. The number of fused-ring (bicyclic) bond motifs is 2. The summed E-state index contributed by atoms with van der Waals surface area (Å²) in [5, 5.41) is 0. The van der Waals surface area contributed by atoms with Crippen molar-refractivity contribution in [1.82, 2.24) is 4.90 Å². The van der Waals surface area contributed by atoms with Crippen molar-refractivity contribution in [3.8, 4) is 5.75 Å². The molecule has 144 valence electrons. The lowest BCUT2D eigenvalue weighted by Crippen LogP contribution is -2.57. The quantitative estimate of drug-likeness (QED) is 0.602. The zero-order chi connectivity index (χ0) is 18.8. The van der Waals surface area contributed by atoms with Crippen LogP contribution in [0.2, 0.25) is 0 Å². The highest BCUT2D eigenvalue weighted by Crippen LogP contribution is 2.49. The van der Waals surface area contributed by atoms with Crippen molar-refractivity contribution >= 4 is 11.9 Å². The molecule has 0 aromatic heterocycles. The van der Waals surface area contributed by atoms with Crippen molar-refractivity contribution in [3.63, 3.8) is 0 Å². The van der Waals surface area contributed by atoms with Gasteiger partial charge in [0.1, 0.15) is 5.75 Å². The lowest BCUT2D eigenvalue weighted by molar-refractivity contribution is -0.139. The van der Waals surface area contributed by atoms with E-state index in [1.54, 1.807) is 0 Å². The van der Waals surface area contributed by atoms with Gasteiger partial charge in [-0.25, -0.2) is 0 Å². The predicted molar refractivity (Wildman–Crippen MR) is 102 cm³/mol. The Bertz CT molecular complexity index is 791. The van der Waals surface area contributed by atoms with Gasteiger partial charge in [-0.05, 0) is 79.5 Å². The topological polar surface area (TPSA) is 46.6 Å². The number of rotatable bonds is 3. The molecular weight excluding hydrogens is 338 g/mol. The maximum absolute atomic E-state index is 12.9. The van der Waals surface area contributed by atoms with Crippen LogP contribution in [0.5, 0.6) is 5.75 Å². The molecule has 0 bridgehead atoms. The number of hydrogen-bond donors (Lipinski definition) is 0. The van der Waals surface area contributed by atoms with Gasteiger partial charge in [0.25, 0.3) is 0 Å². The third kappa shape index (κ3) is 2.97. The molecule has 3 aliphatic carbocycles. The van der Waals surface area contributed by atoms with E-state index in [1.165, 1.54) is 11.1 Å². The maximum Gasteiger partial charge on any atom is 0.314 e. The summed E-state index contributed by atoms with van der Waals surface area (Å²) in [7, 11) is 0. The van der Waals surface area contributed by atoms with Crippen LogP contribution in [0.1, 0.15) is 63.5 Å². The number of esters is 1. The van der Waals surface area contributed by atoms with E-state index in [0.717, 1.165) is 51.5 Å². The van der Waals surface area contributed by atoms with E-state index in [0.29, 0.717) is 23.6 Å². The minimum atomic E-state index is -0.0830. The maximum atomic E-state index is 12.9. The van der Waals surface area contributed by atoms with Gasteiger partial charge in [-0.15, -0.1) is 0 Å². The van der Waals surface area contributed by atoms with E-state index in [2.05, 4.69) is 30.9 Å². The van der Waals surface area contributed by atoms with Gasteiger partial charge >= 0.3 is 5.97 Å². The Kier molecular flexibility index (Phi) is 3.89. The zero-order valence-electron chi connectivity index (χ0n) is 16.4. The van der Waals surface area contributed by atoms with Crippen LogP contribution in [0, 0.1) is 17.8 Å². The molecule has 3 fully saturated rings. The summed E-state index contributed by atoms with van der Waals surface area (Å²) in [4.78, 5) is 27.1. The van der Waals surface area contributed by atoms with Crippen LogP contribution in [0.25, 0.3) is 0 Å². The molecule has 2 saturated carbocycles. The fourth-order valence-electron chi connectivity index (χ4n) is 5.33. The lowest BCUT2D eigenvalue weighted by Gasteiger charge is -2.52. The van der Waals surface area contributed by atoms with Crippen LogP contribution in [-0.2, 0) is 21.4 Å². The van der Waals surface area contributed by atoms with E-state index in [4.69, 9.17) is 4.74 Å². The SMILES string of the molecule is CC1(C)c2cc(OC(=O)C3CC3)ccc2C[C@@H]2[C@@H]1CCCN2C(=O)C1CC1. The molecule has 4 aliphatic rings. The van der Waals surface area contributed by atoms with Crippen molar-refractivity contribution < 1.29 is 14.3 Å². The number of piperidine rings is 1. The van der Waals surface area contributed by atoms with Gasteiger partial charge in [-0.3, -0.25) is 9.59 Å². The van der Waals surface area contributed by atoms with Crippen LogP contribution in [0.3, 0.4) is 0 Å². The molecular formula is C23H29NO3. The molecule has 1 aliphatic heterocycles. The molecule has 1 aromatic rings. The molecule has 4 nitrogen and oxygen atoms in total. The van der Waals surface area contributed by atoms with Crippen LogP contribution in [0.15, 0.2) is 18.2 Å². The van der Waals surface area contributed by atoms with Crippen LogP contribution in [-0.4, -0.2) is 29.4 Å². The van der Waals surface area contributed by atoms with Crippen LogP contribution < -0.4 is 4.74 Å². The largest absolute Gasteiger partial charge is 0.426 e. The molecule has 1 aromatic carbocycles. The van der Waals surface area contributed by atoms with Gasteiger partial charge in [0.15, 0.2) is 0 Å². The summed E-state index contributed by atoms with van der Waals surface area (Å²) in [5.74, 6) is 1.85. The molecule has 1 heterocycles. The molecule has 0 spiro atoms. The summed E-state index contributed by atoms with van der Waals surface area (Å²) in [5.41, 5.74) is 2.58. The van der Waals surface area contributed by atoms with E-state index in [1.807, 2.05) is 6.07 Å². The average Bonchev–Trinajstić information content (AvgIpc) is 3.54. The second-order valence-electron chi connectivity index (χ2n) is 9.56. The third-order valence-corrected chi connectivity index (χ3v) is 7.25. The molecule has 5 rings (SSSR count). The fourth-order valence-corrected chi connectivity index (χ4v) is 5.33. The highest BCUT2D eigenvalue weighted by molar-refractivity contribution is 5.81. The number of hydrogen-bond acceptors (Lipinski definition) is 3. The first-order valence-corrected chi connectivity index (χ1v) is 10.6. The minimum absolute atomic E-state index is 0.0251. The molecule has 4 heteroatoms. The van der Waals surface area contributed by atoms with Crippen molar-refractivity contribution in [2.45, 2.75) is 70.3 Å². The van der Waals surface area contributed by atoms with Crippen molar-refractivity contribution in [1.29, 1.82) is 0 Å². The van der Waals surface area contributed by atoms with Gasteiger partial charge in [-0.2, -0.15) is 0 Å². The normalized spacial score (nSPS) is 28.9. The van der Waals surface area contributed by atoms with Gasteiger partial charge < -0.3 is 9.64 Å². The number of carbonyl (C=O) groups is 2. The fraction of sp³-hybridized carbons (Fsp3) is 0.652. The highest BCUT2D eigenvalue weighted by atomic mass is 16.5. The minimum Gasteiger partial charge on any atom is -0.426 e. The zero-order valence-corrected chi connectivity index (χ0v) is 16.4. The third-order valence-electron chi connectivity index (χ3n) is 7.25. The molecule has 2 atom stereocenters. The first-order chi connectivity index (χ1) is 12.9. The molecule has 0 radical (unpaired) electrons. The lowest BCUT2D eigenvalue weighted by atomic mass is 9.60. The second-order valence-corrected chi connectivity index (χ2v) is 9.56. The molecule has 27 heavy (non-hydrogen) atoms. The number of ether oxygens (including phenoxy) is 1. The molecule has 0 unspecified atom stereocenters. The van der Waals surface area contributed by atoms with Crippen molar-refractivity contribution in [3.05, 3.63) is 29.3 Å². The number of nitrogens with zero attached hydrogens (tertiary/aromatic N) is 1. The number of carbonyl (C=O) groups excluding carboxylic acids is 2. The summed E-state index contributed by atoms with van der Waals surface area (Å²) < 4.78 is 5.63. The van der Waals surface area contributed by atoms with Gasteiger partial charge in [0, 0.05) is 18.5 Å². The smallest absolute Gasteiger partial charge is 0.314 e. The standard InChI is InChI=1S/C23H29NO3/c1-23(2)18-4-3-11-24(21(25)14-5-6-14)20(18)12-16-9-10-17(13-19(16)23)27-22(26)15-7-8-15/h9-10,13-15,18,20H,3-8,11-12H2,1-2H3/t18-,20+/m0/s1. The second kappa shape index (κ2) is 6.08. The number of amides is 1. The Balaban J connectivity index is 1.45. The van der Waals surface area contributed by atoms with E-state index in [-0.39, 0.29) is 23.2 Å². The van der Waals surface area contributed by atoms with Gasteiger partial charge in [0.2, 0.25) is 5.91 Å². The summed E-state index contributed by atoms with van der Waals surface area (Å²) in [6.45, 7) is 5.53. The van der Waals surface area contributed by atoms with Crippen molar-refractivity contribution in [2.75, 3.05) is 6.54 Å². The van der Waals surface area contributed by atoms with Crippen LogP contribution in [0.4, 0.5) is 0 Å². The Labute approximate surface area is 161 Å². The molecule has 1 saturated heterocycles. The monoisotopic (exact) mass is 367 g/mol. The van der Waals surface area contributed by atoms with Gasteiger partial charge in [0.05, 0.1) is 5.92 Å². The number of benzene rings is 1. The summed E-state index contributed by atoms with van der Waals surface area (Å²) >= 11 is 0. The summed E-state index contributed by atoms with van der Waals surface area (Å²) in [6, 6.07) is 6.46. The Morgan fingerprint density at radius 3 is 2.52 bits per heavy atom. The molecule has 0 N–H and O–H groups in total. The van der Waals surface area contributed by atoms with Gasteiger partial charge in [-0.1, -0.05) is 19.9 Å². The first-order valence-electron chi connectivity index (χ1n) is 10.6. The first kappa shape index (κ1) is 17.3. The van der Waals surface area contributed by atoms with Crippen LogP contribution >= 0.6 is 0 Å². The van der Waals surface area contributed by atoms with E-state index in [9.17, 15) is 9.59 Å². The Morgan fingerprint density at radius 2 is 1.81 bits per heavy atom. The molecule has 1 amide bonds. The number of likely N-dealkylation sites (tertiary alicyclic amines) is 1. The van der Waals surface area contributed by atoms with E-state index >= 15 is 0 Å². The van der Waals surface area contributed by atoms with Crippen molar-refractivity contribution in [2.24, 2.45) is 17.8 Å². The van der Waals surface area contributed by atoms with E-state index < -0.39 is 0 Å². The Hall–Kier alpha value is -1.84. The average molecular weight is 367 g/mol. The Morgan fingerprint density at radius 1 is 1.07 bits per heavy atom. The summed E-state index contributed by atoms with van der Waals surface area (Å²) in [6.07, 6.45) is 7.25.